The zero-order chi connectivity index (χ0) is 12.2. The second-order valence-electron chi connectivity index (χ2n) is 4.47. The van der Waals surface area contributed by atoms with Crippen molar-refractivity contribution in [3.63, 3.8) is 0 Å². The van der Waals surface area contributed by atoms with E-state index < -0.39 is 5.79 Å². The Labute approximate surface area is 96.2 Å². The molecule has 16 heavy (non-hydrogen) atoms. The van der Waals surface area contributed by atoms with E-state index in [1.54, 1.807) is 0 Å². The average molecular weight is 231 g/mol. The Morgan fingerprint density at radius 1 is 1.44 bits per heavy atom. The third-order valence-electron chi connectivity index (χ3n) is 2.54. The molecule has 1 aliphatic rings. The van der Waals surface area contributed by atoms with Crippen LogP contribution in [0.4, 0.5) is 0 Å². The van der Waals surface area contributed by atoms with Gasteiger partial charge in [0.15, 0.2) is 5.79 Å². The van der Waals surface area contributed by atoms with Crippen LogP contribution in [0.15, 0.2) is 0 Å². The Balaban J connectivity index is 2.54. The number of ether oxygens (including phenoxy) is 3. The fraction of sp³-hybridized carbons (Fsp3) is 0.909. The lowest BCUT2D eigenvalue weighted by Gasteiger charge is -2.40. The molecule has 0 unspecified atom stereocenters. The maximum Gasteiger partial charge on any atom is 0.308 e. The molecule has 0 radical (unpaired) electrons. The van der Waals surface area contributed by atoms with Crippen molar-refractivity contribution in [3.05, 3.63) is 0 Å². The quantitative estimate of drug-likeness (QED) is 0.725. The van der Waals surface area contributed by atoms with Gasteiger partial charge in [-0.05, 0) is 26.8 Å². The third-order valence-corrected chi connectivity index (χ3v) is 2.54. The molecule has 1 saturated heterocycles. The molecule has 0 aromatic rings. The molecule has 0 aromatic heterocycles. The van der Waals surface area contributed by atoms with Gasteiger partial charge in [0, 0.05) is 6.42 Å². The van der Waals surface area contributed by atoms with Gasteiger partial charge in [-0.15, -0.1) is 0 Å². The summed E-state index contributed by atoms with van der Waals surface area (Å²) in [5, 5.41) is 0. The number of hydrogen-bond acceptors (Lipinski definition) is 5. The molecule has 0 amide bonds. The van der Waals surface area contributed by atoms with Crippen molar-refractivity contribution in [1.29, 1.82) is 0 Å². The van der Waals surface area contributed by atoms with E-state index in [2.05, 4.69) is 4.74 Å². The molecule has 0 aromatic carbocycles. The average Bonchev–Trinajstić information content (AvgIpc) is 2.15. The standard InChI is InChI=1S/C11H21NO4/c1-11(2)15-8(4-5-12)6-9(16-11)7-10(13)14-3/h8-9H,4-7,12H2,1-3H3/t8-,9-/m1/s1. The summed E-state index contributed by atoms with van der Waals surface area (Å²) in [6.07, 6.45) is 1.65. The van der Waals surface area contributed by atoms with Crippen LogP contribution in [0.3, 0.4) is 0 Å². The van der Waals surface area contributed by atoms with E-state index >= 15 is 0 Å². The fourth-order valence-corrected chi connectivity index (χ4v) is 1.98. The molecule has 0 aliphatic carbocycles. The maximum absolute atomic E-state index is 11.2. The minimum absolute atomic E-state index is 0.0587. The van der Waals surface area contributed by atoms with Crippen LogP contribution in [0.25, 0.3) is 0 Å². The normalized spacial score (nSPS) is 28.8. The largest absolute Gasteiger partial charge is 0.469 e. The molecule has 1 heterocycles. The number of carbonyl (C=O) groups is 1. The highest BCUT2D eigenvalue weighted by Crippen LogP contribution is 2.29. The summed E-state index contributed by atoms with van der Waals surface area (Å²) in [6, 6.07) is 0. The fourth-order valence-electron chi connectivity index (χ4n) is 1.98. The van der Waals surface area contributed by atoms with Gasteiger partial charge in [0.05, 0.1) is 25.7 Å². The van der Waals surface area contributed by atoms with Crippen LogP contribution in [0, 0.1) is 0 Å². The van der Waals surface area contributed by atoms with E-state index in [0.717, 1.165) is 6.42 Å². The Hall–Kier alpha value is -0.650. The first-order valence-corrected chi connectivity index (χ1v) is 5.59. The third kappa shape index (κ3) is 4.08. The molecule has 0 bridgehead atoms. The first-order valence-electron chi connectivity index (χ1n) is 5.59. The molecule has 0 spiro atoms. The summed E-state index contributed by atoms with van der Waals surface area (Å²) in [5.74, 6) is -0.911. The van der Waals surface area contributed by atoms with Gasteiger partial charge in [0.1, 0.15) is 0 Å². The van der Waals surface area contributed by atoms with Crippen LogP contribution in [0.5, 0.6) is 0 Å². The Kier molecular flexibility index (Phi) is 4.70. The molecule has 1 rings (SSSR count). The van der Waals surface area contributed by atoms with Gasteiger partial charge in [0.25, 0.3) is 0 Å². The van der Waals surface area contributed by atoms with E-state index in [9.17, 15) is 4.79 Å². The van der Waals surface area contributed by atoms with E-state index in [0.29, 0.717) is 13.0 Å². The van der Waals surface area contributed by atoms with Crippen LogP contribution < -0.4 is 5.73 Å². The van der Waals surface area contributed by atoms with E-state index in [1.807, 2.05) is 13.8 Å². The molecule has 0 saturated carbocycles. The first kappa shape index (κ1) is 13.4. The van der Waals surface area contributed by atoms with Crippen LogP contribution in [-0.2, 0) is 19.0 Å². The van der Waals surface area contributed by atoms with Crippen molar-refractivity contribution in [3.8, 4) is 0 Å². The zero-order valence-electron chi connectivity index (χ0n) is 10.2. The van der Waals surface area contributed by atoms with Crippen LogP contribution in [-0.4, -0.2) is 37.6 Å². The summed E-state index contributed by atoms with van der Waals surface area (Å²) in [7, 11) is 1.38. The van der Waals surface area contributed by atoms with Crippen molar-refractivity contribution < 1.29 is 19.0 Å². The second kappa shape index (κ2) is 5.61. The molecule has 2 N–H and O–H groups in total. The minimum atomic E-state index is -0.656. The summed E-state index contributed by atoms with van der Waals surface area (Å²) in [4.78, 5) is 11.2. The predicted octanol–water partition coefficient (Wildman–Crippen LogP) is 0.808. The monoisotopic (exact) mass is 231 g/mol. The van der Waals surface area contributed by atoms with Gasteiger partial charge in [-0.3, -0.25) is 4.79 Å². The van der Waals surface area contributed by atoms with E-state index in [1.165, 1.54) is 7.11 Å². The zero-order valence-corrected chi connectivity index (χ0v) is 10.2. The van der Waals surface area contributed by atoms with Crippen LogP contribution >= 0.6 is 0 Å². The highest BCUT2D eigenvalue weighted by Gasteiger charge is 2.36. The number of esters is 1. The topological polar surface area (TPSA) is 70.8 Å². The van der Waals surface area contributed by atoms with E-state index in [4.69, 9.17) is 15.2 Å². The smallest absolute Gasteiger partial charge is 0.308 e. The molecule has 5 nitrogen and oxygen atoms in total. The van der Waals surface area contributed by atoms with Crippen molar-refractivity contribution >= 4 is 5.97 Å². The van der Waals surface area contributed by atoms with Gasteiger partial charge >= 0.3 is 5.97 Å². The molecule has 1 fully saturated rings. The highest BCUT2D eigenvalue weighted by molar-refractivity contribution is 5.69. The Bertz CT molecular complexity index is 242. The van der Waals surface area contributed by atoms with Crippen molar-refractivity contribution in [1.82, 2.24) is 0 Å². The summed E-state index contributed by atoms with van der Waals surface area (Å²) < 4.78 is 16.0. The van der Waals surface area contributed by atoms with Crippen LogP contribution in [0.2, 0.25) is 0 Å². The summed E-state index contributed by atoms with van der Waals surface area (Å²) in [5.41, 5.74) is 5.51. The highest BCUT2D eigenvalue weighted by atomic mass is 16.7. The van der Waals surface area contributed by atoms with Gasteiger partial charge in [-0.1, -0.05) is 0 Å². The number of rotatable bonds is 4. The van der Waals surface area contributed by atoms with Gasteiger partial charge < -0.3 is 19.9 Å². The molecule has 1 aliphatic heterocycles. The number of nitrogens with two attached hydrogens (primary N) is 1. The molecular formula is C11H21NO4. The lowest BCUT2D eigenvalue weighted by Crippen LogP contribution is -2.45. The Morgan fingerprint density at radius 3 is 2.62 bits per heavy atom. The maximum atomic E-state index is 11.2. The van der Waals surface area contributed by atoms with Crippen molar-refractivity contribution in [2.75, 3.05) is 13.7 Å². The first-order chi connectivity index (χ1) is 7.46. The van der Waals surface area contributed by atoms with Crippen molar-refractivity contribution in [2.45, 2.75) is 51.1 Å². The SMILES string of the molecule is COC(=O)C[C@H]1C[C@@H](CCN)OC(C)(C)O1. The number of hydrogen-bond donors (Lipinski definition) is 1. The van der Waals surface area contributed by atoms with E-state index in [-0.39, 0.29) is 24.6 Å². The number of carbonyl (C=O) groups excluding carboxylic acids is 1. The molecule has 94 valence electrons. The second-order valence-corrected chi connectivity index (χ2v) is 4.47. The molecule has 5 heteroatoms. The minimum Gasteiger partial charge on any atom is -0.469 e. The summed E-state index contributed by atoms with van der Waals surface area (Å²) in [6.45, 7) is 4.27. The lowest BCUT2D eigenvalue weighted by atomic mass is 10.0. The van der Waals surface area contributed by atoms with Gasteiger partial charge in [-0.25, -0.2) is 0 Å². The van der Waals surface area contributed by atoms with Gasteiger partial charge in [-0.2, -0.15) is 0 Å². The predicted molar refractivity (Wildman–Crippen MR) is 58.7 cm³/mol. The molecular weight excluding hydrogens is 210 g/mol. The Morgan fingerprint density at radius 2 is 2.06 bits per heavy atom. The van der Waals surface area contributed by atoms with Crippen LogP contribution in [0.1, 0.15) is 33.1 Å². The summed E-state index contributed by atoms with van der Waals surface area (Å²) >= 11 is 0. The number of methoxy groups -OCH3 is 1. The molecule has 2 atom stereocenters. The van der Waals surface area contributed by atoms with Gasteiger partial charge in [0.2, 0.25) is 0 Å². The lowest BCUT2D eigenvalue weighted by molar-refractivity contribution is -0.300. The van der Waals surface area contributed by atoms with Crippen molar-refractivity contribution in [2.24, 2.45) is 5.73 Å².